The minimum atomic E-state index is -1.38. The van der Waals surface area contributed by atoms with Crippen LogP contribution in [-0.4, -0.2) is 77.7 Å². The Bertz CT molecular complexity index is 440. The lowest BCUT2D eigenvalue weighted by atomic mass is 9.97. The van der Waals surface area contributed by atoms with Gasteiger partial charge in [0.15, 0.2) is 6.29 Å². The van der Waals surface area contributed by atoms with Crippen LogP contribution in [0.4, 0.5) is 0 Å². The summed E-state index contributed by atoms with van der Waals surface area (Å²) in [6, 6.07) is -1.03. The van der Waals surface area contributed by atoms with E-state index in [4.69, 9.17) is 19.3 Å². The second kappa shape index (κ2) is 8.94. The molecular weight excluding hydrogens is 310 g/mol. The van der Waals surface area contributed by atoms with Crippen molar-refractivity contribution in [2.75, 3.05) is 19.8 Å². The van der Waals surface area contributed by atoms with Gasteiger partial charge in [-0.2, -0.15) is 0 Å². The first-order valence-corrected chi connectivity index (χ1v) is 7.11. The predicted molar refractivity (Wildman–Crippen MR) is 77.1 cm³/mol. The minimum absolute atomic E-state index is 0.0687. The SMILES string of the molecule is C=C(C)C(=O)OCCO[C@H]1O[C@H](CO)[C@@H](O)[C@H](O)[C@@H]1NC(C)=O. The fourth-order valence-corrected chi connectivity index (χ4v) is 2.03. The van der Waals surface area contributed by atoms with Gasteiger partial charge in [0.2, 0.25) is 5.91 Å². The molecule has 132 valence electrons. The first kappa shape index (κ1) is 19.5. The van der Waals surface area contributed by atoms with Gasteiger partial charge in [0.05, 0.1) is 13.2 Å². The highest BCUT2D eigenvalue weighted by atomic mass is 16.7. The summed E-state index contributed by atoms with van der Waals surface area (Å²) in [5.74, 6) is -1.02. The van der Waals surface area contributed by atoms with Gasteiger partial charge in [-0.25, -0.2) is 4.79 Å². The van der Waals surface area contributed by atoms with Crippen molar-refractivity contribution in [2.45, 2.75) is 44.5 Å². The van der Waals surface area contributed by atoms with Crippen LogP contribution in [-0.2, 0) is 23.8 Å². The molecule has 0 aromatic heterocycles. The molecule has 0 unspecified atom stereocenters. The molecule has 0 saturated carbocycles. The van der Waals surface area contributed by atoms with Gasteiger partial charge in [0.1, 0.15) is 31.0 Å². The summed E-state index contributed by atoms with van der Waals surface area (Å²) in [7, 11) is 0. The lowest BCUT2D eigenvalue weighted by Gasteiger charge is -2.42. The van der Waals surface area contributed by atoms with Crippen LogP contribution in [0.25, 0.3) is 0 Å². The van der Waals surface area contributed by atoms with E-state index in [1.165, 1.54) is 13.8 Å². The monoisotopic (exact) mass is 333 g/mol. The summed E-state index contributed by atoms with van der Waals surface area (Å²) in [5.41, 5.74) is 0.244. The van der Waals surface area contributed by atoms with Crippen LogP contribution >= 0.6 is 0 Å². The third-order valence-corrected chi connectivity index (χ3v) is 3.20. The molecule has 1 rings (SSSR count). The molecule has 9 nitrogen and oxygen atoms in total. The van der Waals surface area contributed by atoms with Gasteiger partial charge in [-0.1, -0.05) is 6.58 Å². The standard InChI is InChI=1S/C14H23NO8/c1-7(2)13(20)21-4-5-22-14-10(15-8(3)17)12(19)11(18)9(6-16)23-14/h9-12,14,16,18-19H,1,4-6H2,2-3H3,(H,15,17)/t9-,10+,11-,12-,14+/m1/s1. The molecule has 9 heteroatoms. The van der Waals surface area contributed by atoms with Crippen molar-refractivity contribution < 1.29 is 39.1 Å². The predicted octanol–water partition coefficient (Wildman–Crippen LogP) is -1.93. The molecule has 1 aliphatic rings. The molecule has 1 aliphatic heterocycles. The van der Waals surface area contributed by atoms with Crippen LogP contribution in [0.2, 0.25) is 0 Å². The Morgan fingerprint density at radius 3 is 2.39 bits per heavy atom. The maximum absolute atomic E-state index is 11.2. The van der Waals surface area contributed by atoms with Crippen molar-refractivity contribution in [3.05, 3.63) is 12.2 Å². The Balaban J connectivity index is 2.61. The Labute approximate surface area is 133 Å². The highest BCUT2D eigenvalue weighted by Gasteiger charge is 2.45. The van der Waals surface area contributed by atoms with Gasteiger partial charge in [0.25, 0.3) is 0 Å². The summed E-state index contributed by atoms with van der Waals surface area (Å²) in [5, 5.41) is 31.4. The fraction of sp³-hybridized carbons (Fsp3) is 0.714. The van der Waals surface area contributed by atoms with Crippen molar-refractivity contribution in [3.63, 3.8) is 0 Å². The molecule has 5 atom stereocenters. The van der Waals surface area contributed by atoms with E-state index >= 15 is 0 Å². The molecule has 1 amide bonds. The molecule has 0 bridgehead atoms. The van der Waals surface area contributed by atoms with Crippen molar-refractivity contribution in [2.24, 2.45) is 0 Å². The van der Waals surface area contributed by atoms with Crippen LogP contribution in [0.1, 0.15) is 13.8 Å². The van der Waals surface area contributed by atoms with Gasteiger partial charge in [-0.15, -0.1) is 0 Å². The van der Waals surface area contributed by atoms with Gasteiger partial charge in [-0.05, 0) is 6.92 Å². The van der Waals surface area contributed by atoms with Crippen molar-refractivity contribution in [1.82, 2.24) is 5.32 Å². The molecule has 1 saturated heterocycles. The van der Waals surface area contributed by atoms with Crippen LogP contribution in [0.3, 0.4) is 0 Å². The Hall–Kier alpha value is -1.52. The second-order valence-corrected chi connectivity index (χ2v) is 5.22. The third kappa shape index (κ3) is 5.56. The van der Waals surface area contributed by atoms with E-state index in [1.54, 1.807) is 0 Å². The molecular formula is C14H23NO8. The molecule has 4 N–H and O–H groups in total. The number of amides is 1. The molecule has 0 radical (unpaired) electrons. The maximum Gasteiger partial charge on any atom is 0.333 e. The van der Waals surface area contributed by atoms with E-state index < -0.39 is 49.1 Å². The Kier molecular flexibility index (Phi) is 7.59. The average Bonchev–Trinajstić information content (AvgIpc) is 2.49. The maximum atomic E-state index is 11.2. The Morgan fingerprint density at radius 1 is 1.22 bits per heavy atom. The zero-order valence-electron chi connectivity index (χ0n) is 13.1. The van der Waals surface area contributed by atoms with Gasteiger partial charge in [0, 0.05) is 12.5 Å². The highest BCUT2D eigenvalue weighted by Crippen LogP contribution is 2.22. The summed E-state index contributed by atoms with van der Waals surface area (Å²) < 4.78 is 15.5. The lowest BCUT2D eigenvalue weighted by molar-refractivity contribution is -0.271. The number of hydrogen-bond donors (Lipinski definition) is 4. The van der Waals surface area contributed by atoms with Gasteiger partial charge < -0.3 is 34.8 Å². The van der Waals surface area contributed by atoms with E-state index in [2.05, 4.69) is 11.9 Å². The van der Waals surface area contributed by atoms with Crippen molar-refractivity contribution in [1.29, 1.82) is 0 Å². The molecule has 0 aromatic carbocycles. The number of nitrogens with one attached hydrogen (secondary N) is 1. The van der Waals surface area contributed by atoms with Crippen LogP contribution in [0, 0.1) is 0 Å². The number of ether oxygens (including phenoxy) is 3. The average molecular weight is 333 g/mol. The number of rotatable bonds is 7. The number of hydrogen-bond acceptors (Lipinski definition) is 8. The molecule has 23 heavy (non-hydrogen) atoms. The largest absolute Gasteiger partial charge is 0.460 e. The van der Waals surface area contributed by atoms with Crippen LogP contribution in [0.15, 0.2) is 12.2 Å². The number of aliphatic hydroxyl groups excluding tert-OH is 3. The molecule has 1 fully saturated rings. The van der Waals surface area contributed by atoms with E-state index in [9.17, 15) is 19.8 Å². The zero-order chi connectivity index (χ0) is 17.6. The topological polar surface area (TPSA) is 135 Å². The molecule has 0 aromatic rings. The zero-order valence-corrected chi connectivity index (χ0v) is 13.1. The summed E-state index contributed by atoms with van der Waals surface area (Å²) in [6.45, 7) is 5.49. The lowest BCUT2D eigenvalue weighted by Crippen LogP contribution is -2.64. The van der Waals surface area contributed by atoms with Crippen molar-refractivity contribution >= 4 is 11.9 Å². The van der Waals surface area contributed by atoms with Gasteiger partial charge >= 0.3 is 5.97 Å². The quantitative estimate of drug-likeness (QED) is 0.240. The number of carbonyl (C=O) groups excluding carboxylic acids is 2. The van der Waals surface area contributed by atoms with E-state index in [1.807, 2.05) is 0 Å². The number of esters is 1. The highest BCUT2D eigenvalue weighted by molar-refractivity contribution is 5.86. The van der Waals surface area contributed by atoms with Gasteiger partial charge in [-0.3, -0.25) is 4.79 Å². The first-order valence-electron chi connectivity index (χ1n) is 7.11. The van der Waals surface area contributed by atoms with Crippen LogP contribution in [0.5, 0.6) is 0 Å². The van der Waals surface area contributed by atoms with Crippen LogP contribution < -0.4 is 5.32 Å². The Morgan fingerprint density at radius 2 is 1.87 bits per heavy atom. The number of aliphatic hydroxyl groups is 3. The van der Waals surface area contributed by atoms with E-state index in [0.29, 0.717) is 0 Å². The van der Waals surface area contributed by atoms with E-state index in [-0.39, 0.29) is 18.8 Å². The third-order valence-electron chi connectivity index (χ3n) is 3.20. The van der Waals surface area contributed by atoms with Crippen molar-refractivity contribution in [3.8, 4) is 0 Å². The van der Waals surface area contributed by atoms with E-state index in [0.717, 1.165) is 0 Å². The first-order chi connectivity index (χ1) is 10.8. The molecule has 1 heterocycles. The number of carbonyl (C=O) groups is 2. The fourth-order valence-electron chi connectivity index (χ4n) is 2.03. The molecule has 0 aliphatic carbocycles. The summed E-state index contributed by atoms with van der Waals surface area (Å²) >= 11 is 0. The summed E-state index contributed by atoms with van der Waals surface area (Å²) in [4.78, 5) is 22.4. The second-order valence-electron chi connectivity index (χ2n) is 5.22. The minimum Gasteiger partial charge on any atom is -0.460 e. The smallest absolute Gasteiger partial charge is 0.333 e. The normalized spacial score (nSPS) is 30.6. The summed E-state index contributed by atoms with van der Waals surface area (Å²) in [6.07, 6.45) is -4.93. The molecule has 0 spiro atoms.